The number of anilines is 1. The molecule has 1 aliphatic heterocycles. The minimum absolute atomic E-state index is 0.0788. The molecule has 0 aliphatic carbocycles. The SMILES string of the molecule is CC[n+]1c(OC)c(-c2cccc(C(F)(F)F)c2)c(=O)n2c1N(C)CC2c1cnc(Cl)s1. The van der Waals surface area contributed by atoms with E-state index in [0.717, 1.165) is 17.0 Å². The molecule has 1 aromatic carbocycles. The van der Waals surface area contributed by atoms with Crippen LogP contribution in [0.2, 0.25) is 4.47 Å². The highest BCUT2D eigenvalue weighted by Gasteiger charge is 2.43. The molecular formula is C20H19ClF3N4O2S+. The highest BCUT2D eigenvalue weighted by Crippen LogP contribution is 2.37. The molecule has 0 bridgehead atoms. The lowest BCUT2D eigenvalue weighted by atomic mass is 10.0. The molecule has 6 nitrogen and oxygen atoms in total. The Balaban J connectivity index is 2.03. The molecule has 0 radical (unpaired) electrons. The zero-order valence-corrected chi connectivity index (χ0v) is 18.5. The number of thiazole rings is 1. The summed E-state index contributed by atoms with van der Waals surface area (Å²) in [5.74, 6) is 0.822. The van der Waals surface area contributed by atoms with Gasteiger partial charge in [0, 0.05) is 6.20 Å². The minimum Gasteiger partial charge on any atom is -0.471 e. The van der Waals surface area contributed by atoms with Crippen LogP contribution < -0.4 is 19.8 Å². The van der Waals surface area contributed by atoms with Crippen LogP contribution in [-0.4, -0.2) is 30.3 Å². The number of benzene rings is 1. The van der Waals surface area contributed by atoms with E-state index in [4.69, 9.17) is 16.3 Å². The highest BCUT2D eigenvalue weighted by molar-refractivity contribution is 7.15. The summed E-state index contributed by atoms with van der Waals surface area (Å²) in [6.45, 7) is 2.82. The normalized spacial score (nSPS) is 16.0. The van der Waals surface area contributed by atoms with E-state index in [9.17, 15) is 18.0 Å². The van der Waals surface area contributed by atoms with Crippen molar-refractivity contribution in [2.45, 2.75) is 25.7 Å². The van der Waals surface area contributed by atoms with E-state index in [1.54, 1.807) is 15.3 Å². The number of nitrogens with zero attached hydrogens (tertiary/aromatic N) is 4. The standard InChI is InChI=1S/C20H19ClF3N4O2S/c1-4-27-17(30-3)15(11-6-5-7-12(8-11)20(22,23)24)16(29)28-13(10-26(2)19(27)28)14-9-25-18(21)31-14/h5-9,13H,4,10H2,1-3H3/q+1. The van der Waals surface area contributed by atoms with Gasteiger partial charge in [0.2, 0.25) is 0 Å². The van der Waals surface area contributed by atoms with Gasteiger partial charge in [-0.1, -0.05) is 23.7 Å². The van der Waals surface area contributed by atoms with Gasteiger partial charge >= 0.3 is 17.7 Å². The maximum Gasteiger partial charge on any atom is 0.416 e. The molecule has 31 heavy (non-hydrogen) atoms. The Morgan fingerprint density at radius 2 is 2.13 bits per heavy atom. The van der Waals surface area contributed by atoms with Crippen molar-refractivity contribution in [3.8, 4) is 17.0 Å². The summed E-state index contributed by atoms with van der Waals surface area (Å²) in [6, 6.07) is 4.36. The molecule has 1 aliphatic rings. The molecule has 2 aromatic heterocycles. The number of aromatic nitrogens is 3. The first-order chi connectivity index (χ1) is 14.7. The highest BCUT2D eigenvalue weighted by atomic mass is 35.5. The molecule has 4 rings (SSSR count). The smallest absolute Gasteiger partial charge is 0.416 e. The van der Waals surface area contributed by atoms with Crippen molar-refractivity contribution in [1.82, 2.24) is 9.55 Å². The molecule has 0 saturated carbocycles. The molecule has 164 valence electrons. The van der Waals surface area contributed by atoms with Crippen LogP contribution in [0.5, 0.6) is 5.88 Å². The lowest BCUT2D eigenvalue weighted by Gasteiger charge is -2.17. The van der Waals surface area contributed by atoms with Crippen LogP contribution in [0.4, 0.5) is 19.1 Å². The number of methoxy groups -OCH3 is 1. The van der Waals surface area contributed by atoms with Crippen LogP contribution in [0.25, 0.3) is 11.1 Å². The van der Waals surface area contributed by atoms with Crippen molar-refractivity contribution in [3.63, 3.8) is 0 Å². The molecule has 3 heterocycles. The Morgan fingerprint density at radius 1 is 1.39 bits per heavy atom. The van der Waals surface area contributed by atoms with Crippen LogP contribution in [0.1, 0.15) is 23.4 Å². The first kappa shape index (κ1) is 21.6. The Labute approximate surface area is 185 Å². The number of hydrogen-bond donors (Lipinski definition) is 0. The second-order valence-corrected chi connectivity index (χ2v) is 8.74. The lowest BCUT2D eigenvalue weighted by molar-refractivity contribution is -0.688. The van der Waals surface area contributed by atoms with Gasteiger partial charge in [-0.3, -0.25) is 4.90 Å². The molecule has 0 spiro atoms. The van der Waals surface area contributed by atoms with Crippen LogP contribution in [0, 0.1) is 0 Å². The maximum absolute atomic E-state index is 13.7. The molecule has 0 N–H and O–H groups in total. The van der Waals surface area contributed by atoms with Crippen molar-refractivity contribution >= 4 is 28.9 Å². The van der Waals surface area contributed by atoms with E-state index < -0.39 is 17.3 Å². The molecular weight excluding hydrogens is 453 g/mol. The fraction of sp³-hybridized carbons (Fsp3) is 0.350. The Morgan fingerprint density at radius 3 is 2.71 bits per heavy atom. The van der Waals surface area contributed by atoms with E-state index in [-0.39, 0.29) is 23.0 Å². The molecule has 0 amide bonds. The second-order valence-electron chi connectivity index (χ2n) is 7.09. The van der Waals surface area contributed by atoms with E-state index in [1.165, 1.54) is 30.6 Å². The summed E-state index contributed by atoms with van der Waals surface area (Å²) < 4.78 is 49.3. The average Bonchev–Trinajstić information content (AvgIpc) is 3.30. The van der Waals surface area contributed by atoms with Crippen LogP contribution in [-0.2, 0) is 12.7 Å². The number of halogens is 4. The predicted molar refractivity (Wildman–Crippen MR) is 112 cm³/mol. The van der Waals surface area contributed by atoms with Crippen LogP contribution in [0.3, 0.4) is 0 Å². The number of ether oxygens (including phenoxy) is 1. The molecule has 3 aromatic rings. The minimum atomic E-state index is -4.53. The summed E-state index contributed by atoms with van der Waals surface area (Å²) in [5.41, 5.74) is -1.04. The zero-order chi connectivity index (χ0) is 22.5. The van der Waals surface area contributed by atoms with E-state index >= 15 is 0 Å². The van der Waals surface area contributed by atoms with Gasteiger partial charge in [0.1, 0.15) is 12.1 Å². The van der Waals surface area contributed by atoms with Gasteiger partial charge in [-0.15, -0.1) is 11.3 Å². The third kappa shape index (κ3) is 3.57. The largest absolute Gasteiger partial charge is 0.471 e. The van der Waals surface area contributed by atoms with E-state index in [2.05, 4.69) is 4.98 Å². The van der Waals surface area contributed by atoms with Crippen LogP contribution in [0.15, 0.2) is 35.3 Å². The Bertz CT molecular complexity index is 1210. The zero-order valence-electron chi connectivity index (χ0n) is 16.9. The third-order valence-corrected chi connectivity index (χ3v) is 6.48. The van der Waals surface area contributed by atoms with Gasteiger partial charge in [0.05, 0.1) is 31.1 Å². The maximum atomic E-state index is 13.7. The molecule has 0 saturated heterocycles. The van der Waals surface area contributed by atoms with Crippen molar-refractivity contribution in [3.05, 3.63) is 55.7 Å². The van der Waals surface area contributed by atoms with E-state index in [0.29, 0.717) is 23.5 Å². The van der Waals surface area contributed by atoms with Crippen molar-refractivity contribution in [2.24, 2.45) is 0 Å². The quantitative estimate of drug-likeness (QED) is 0.540. The molecule has 11 heteroatoms. The number of fused-ring (bicyclic) bond motifs is 1. The van der Waals surface area contributed by atoms with Crippen molar-refractivity contribution in [2.75, 3.05) is 25.6 Å². The van der Waals surface area contributed by atoms with Gasteiger partial charge in [0.25, 0.3) is 5.88 Å². The topological polar surface area (TPSA) is 51.2 Å². The van der Waals surface area contributed by atoms with Gasteiger partial charge in [-0.2, -0.15) is 22.3 Å². The average molecular weight is 472 g/mol. The van der Waals surface area contributed by atoms with Crippen molar-refractivity contribution < 1.29 is 22.5 Å². The Kier molecular flexibility index (Phi) is 5.47. The molecule has 1 atom stereocenters. The Hall–Kier alpha value is -2.59. The summed E-state index contributed by atoms with van der Waals surface area (Å²) in [4.78, 5) is 20.5. The first-order valence-corrected chi connectivity index (χ1v) is 10.6. The summed E-state index contributed by atoms with van der Waals surface area (Å²) >= 11 is 7.28. The summed E-state index contributed by atoms with van der Waals surface area (Å²) in [6.07, 6.45) is -2.91. The number of rotatable bonds is 4. The van der Waals surface area contributed by atoms with Crippen molar-refractivity contribution in [1.29, 1.82) is 0 Å². The first-order valence-electron chi connectivity index (χ1n) is 9.43. The fourth-order valence-electron chi connectivity index (χ4n) is 3.98. The summed E-state index contributed by atoms with van der Waals surface area (Å²) in [5, 5.41) is 0. The van der Waals surface area contributed by atoms with Gasteiger partial charge in [-0.25, -0.2) is 9.78 Å². The molecule has 1 unspecified atom stereocenters. The van der Waals surface area contributed by atoms with E-state index in [1.807, 2.05) is 18.9 Å². The second kappa shape index (κ2) is 7.83. The van der Waals surface area contributed by atoms with Gasteiger partial charge in [-0.05, 0) is 24.6 Å². The molecule has 0 fully saturated rings. The lowest BCUT2D eigenvalue weighted by Crippen LogP contribution is -2.45. The fourth-order valence-corrected chi connectivity index (χ4v) is 5.02. The number of alkyl halides is 3. The third-order valence-electron chi connectivity index (χ3n) is 5.26. The van der Waals surface area contributed by atoms with Gasteiger partial charge < -0.3 is 4.74 Å². The van der Waals surface area contributed by atoms with Crippen LogP contribution >= 0.6 is 22.9 Å². The van der Waals surface area contributed by atoms with Gasteiger partial charge in [0.15, 0.2) is 10.5 Å². The number of hydrogen-bond acceptors (Lipinski definition) is 5. The summed E-state index contributed by atoms with van der Waals surface area (Å²) in [7, 11) is 3.26. The monoisotopic (exact) mass is 471 g/mol. The number of likely N-dealkylation sites (N-methyl/N-ethyl adjacent to an activating group) is 1. The predicted octanol–water partition coefficient (Wildman–Crippen LogP) is 4.00.